The fourth-order valence-electron chi connectivity index (χ4n) is 2.17. The summed E-state index contributed by atoms with van der Waals surface area (Å²) in [5.74, 6) is -1.33. The predicted molar refractivity (Wildman–Crippen MR) is 88.6 cm³/mol. The van der Waals surface area contributed by atoms with E-state index in [2.05, 4.69) is 10.6 Å². The van der Waals surface area contributed by atoms with E-state index in [1.54, 1.807) is 24.3 Å². The summed E-state index contributed by atoms with van der Waals surface area (Å²) in [6.45, 7) is -0.0397. The summed E-state index contributed by atoms with van der Waals surface area (Å²) in [4.78, 5) is 47.0. The van der Waals surface area contributed by atoms with Gasteiger partial charge in [0, 0.05) is 24.5 Å². The standard InChI is InChI=1S/C16H18ClN3O5/c17-12-5-2-1-4-11(12)8-18-13(21)10-25-15(23)6-3-7-20-14(22)9-19-16(20)24/h1-2,4-5H,3,6-10H2,(H,18,21)(H,19,24). The molecule has 0 atom stereocenters. The quantitative estimate of drug-likeness (QED) is 0.523. The largest absolute Gasteiger partial charge is 0.456 e. The van der Waals surface area contributed by atoms with Crippen LogP contribution in [0.1, 0.15) is 18.4 Å². The van der Waals surface area contributed by atoms with Gasteiger partial charge in [-0.1, -0.05) is 29.8 Å². The van der Waals surface area contributed by atoms with Crippen molar-refractivity contribution >= 4 is 35.4 Å². The Kier molecular flexibility index (Phi) is 6.76. The number of carbonyl (C=O) groups is 4. The zero-order chi connectivity index (χ0) is 18.2. The third kappa shape index (κ3) is 5.75. The van der Waals surface area contributed by atoms with Crippen molar-refractivity contribution in [3.63, 3.8) is 0 Å². The van der Waals surface area contributed by atoms with Gasteiger partial charge in [0.15, 0.2) is 6.61 Å². The monoisotopic (exact) mass is 367 g/mol. The Labute approximate surface area is 149 Å². The molecule has 0 aromatic heterocycles. The van der Waals surface area contributed by atoms with Crippen molar-refractivity contribution < 1.29 is 23.9 Å². The Bertz CT molecular complexity index is 663. The highest BCUT2D eigenvalue weighted by molar-refractivity contribution is 6.31. The van der Waals surface area contributed by atoms with Crippen LogP contribution in [0, 0.1) is 0 Å². The fraction of sp³-hybridized carbons (Fsp3) is 0.375. The van der Waals surface area contributed by atoms with Crippen molar-refractivity contribution in [3.8, 4) is 0 Å². The van der Waals surface area contributed by atoms with Gasteiger partial charge in [-0.15, -0.1) is 0 Å². The SMILES string of the molecule is O=C(COC(=O)CCCN1C(=O)CNC1=O)NCc1ccccc1Cl. The van der Waals surface area contributed by atoms with E-state index in [9.17, 15) is 19.2 Å². The van der Waals surface area contributed by atoms with Crippen LogP contribution in [0.2, 0.25) is 5.02 Å². The van der Waals surface area contributed by atoms with E-state index >= 15 is 0 Å². The van der Waals surface area contributed by atoms with E-state index in [1.807, 2.05) is 0 Å². The Balaban J connectivity index is 1.61. The maximum atomic E-state index is 11.7. The molecule has 2 N–H and O–H groups in total. The van der Waals surface area contributed by atoms with Crippen molar-refractivity contribution in [1.82, 2.24) is 15.5 Å². The molecule has 8 nitrogen and oxygen atoms in total. The normalized spacial score (nSPS) is 13.6. The second-order valence-corrected chi connectivity index (χ2v) is 5.74. The number of hydrogen-bond acceptors (Lipinski definition) is 5. The summed E-state index contributed by atoms with van der Waals surface area (Å²) < 4.78 is 4.85. The van der Waals surface area contributed by atoms with Crippen molar-refractivity contribution in [3.05, 3.63) is 34.9 Å². The van der Waals surface area contributed by atoms with Crippen molar-refractivity contribution in [2.45, 2.75) is 19.4 Å². The first-order valence-corrected chi connectivity index (χ1v) is 8.09. The lowest BCUT2D eigenvalue weighted by Gasteiger charge is -2.11. The van der Waals surface area contributed by atoms with E-state index in [0.29, 0.717) is 5.02 Å². The van der Waals surface area contributed by atoms with Gasteiger partial charge in [-0.2, -0.15) is 0 Å². The maximum Gasteiger partial charge on any atom is 0.324 e. The zero-order valence-electron chi connectivity index (χ0n) is 13.4. The van der Waals surface area contributed by atoms with Crippen LogP contribution in [0.4, 0.5) is 4.79 Å². The van der Waals surface area contributed by atoms with Gasteiger partial charge < -0.3 is 15.4 Å². The van der Waals surface area contributed by atoms with E-state index in [-0.39, 0.29) is 38.4 Å². The summed E-state index contributed by atoms with van der Waals surface area (Å²) in [5, 5.41) is 5.53. The fourth-order valence-corrected chi connectivity index (χ4v) is 2.37. The first-order valence-electron chi connectivity index (χ1n) is 7.71. The van der Waals surface area contributed by atoms with Crippen LogP contribution in [-0.4, -0.2) is 48.4 Å². The molecular weight excluding hydrogens is 350 g/mol. The number of rotatable bonds is 8. The minimum atomic E-state index is -0.569. The summed E-state index contributed by atoms with van der Waals surface area (Å²) in [6, 6.07) is 6.63. The van der Waals surface area contributed by atoms with Crippen LogP contribution < -0.4 is 10.6 Å². The molecule has 0 bridgehead atoms. The van der Waals surface area contributed by atoms with Crippen LogP contribution in [-0.2, 0) is 25.7 Å². The third-order valence-electron chi connectivity index (χ3n) is 3.50. The van der Waals surface area contributed by atoms with Crippen molar-refractivity contribution in [2.75, 3.05) is 19.7 Å². The van der Waals surface area contributed by atoms with Crippen molar-refractivity contribution in [1.29, 1.82) is 0 Å². The highest BCUT2D eigenvalue weighted by atomic mass is 35.5. The summed E-state index contributed by atoms with van der Waals surface area (Å²) in [6.07, 6.45) is 0.286. The third-order valence-corrected chi connectivity index (χ3v) is 3.87. The van der Waals surface area contributed by atoms with Gasteiger partial charge in [0.1, 0.15) is 0 Å². The number of benzene rings is 1. The zero-order valence-corrected chi connectivity index (χ0v) is 14.2. The van der Waals surface area contributed by atoms with E-state index in [1.165, 1.54) is 0 Å². The van der Waals surface area contributed by atoms with Gasteiger partial charge in [-0.3, -0.25) is 19.3 Å². The lowest BCUT2D eigenvalue weighted by atomic mass is 10.2. The van der Waals surface area contributed by atoms with E-state index < -0.39 is 24.5 Å². The molecule has 1 aliphatic rings. The number of hydrogen-bond donors (Lipinski definition) is 2. The molecule has 0 aliphatic carbocycles. The molecule has 1 heterocycles. The summed E-state index contributed by atoms with van der Waals surface area (Å²) in [5.41, 5.74) is 0.761. The minimum absolute atomic E-state index is 0.00878. The van der Waals surface area contributed by atoms with Gasteiger partial charge in [0.25, 0.3) is 5.91 Å². The topological polar surface area (TPSA) is 105 Å². The van der Waals surface area contributed by atoms with Gasteiger partial charge in [0.2, 0.25) is 5.91 Å². The number of imide groups is 1. The van der Waals surface area contributed by atoms with Crippen LogP contribution in [0.25, 0.3) is 0 Å². The predicted octanol–water partition coefficient (Wildman–Crippen LogP) is 0.831. The van der Waals surface area contributed by atoms with Gasteiger partial charge in [-0.25, -0.2) is 4.79 Å². The molecule has 0 saturated carbocycles. The lowest BCUT2D eigenvalue weighted by molar-refractivity contribution is -0.148. The van der Waals surface area contributed by atoms with Crippen molar-refractivity contribution in [2.24, 2.45) is 0 Å². The Morgan fingerprint density at radius 1 is 1.28 bits per heavy atom. The molecule has 134 valence electrons. The van der Waals surface area contributed by atoms with Gasteiger partial charge in [0.05, 0.1) is 6.54 Å². The van der Waals surface area contributed by atoms with Gasteiger partial charge >= 0.3 is 12.0 Å². The molecule has 9 heteroatoms. The molecule has 1 fully saturated rings. The maximum absolute atomic E-state index is 11.7. The second kappa shape index (κ2) is 9.03. The van der Waals surface area contributed by atoms with Gasteiger partial charge in [-0.05, 0) is 18.1 Å². The number of halogens is 1. The molecule has 0 radical (unpaired) electrons. The molecule has 1 aromatic rings. The number of amides is 4. The van der Waals surface area contributed by atoms with Crippen LogP contribution in [0.3, 0.4) is 0 Å². The summed E-state index contributed by atoms with van der Waals surface area (Å²) >= 11 is 5.97. The number of nitrogens with one attached hydrogen (secondary N) is 2. The number of urea groups is 1. The number of ether oxygens (including phenoxy) is 1. The molecule has 0 spiro atoms. The van der Waals surface area contributed by atoms with Crippen LogP contribution in [0.15, 0.2) is 24.3 Å². The Hall–Kier alpha value is -2.61. The molecule has 1 saturated heterocycles. The molecule has 2 rings (SSSR count). The van der Waals surface area contributed by atoms with E-state index in [4.69, 9.17) is 16.3 Å². The number of nitrogens with zero attached hydrogens (tertiary/aromatic N) is 1. The highest BCUT2D eigenvalue weighted by Gasteiger charge is 2.27. The first-order chi connectivity index (χ1) is 12.0. The first kappa shape index (κ1) is 18.7. The number of esters is 1. The average Bonchev–Trinajstić information content (AvgIpc) is 2.91. The molecule has 25 heavy (non-hydrogen) atoms. The molecule has 1 aliphatic heterocycles. The Morgan fingerprint density at radius 2 is 2.04 bits per heavy atom. The minimum Gasteiger partial charge on any atom is -0.456 e. The number of carbonyl (C=O) groups excluding carboxylic acids is 4. The molecule has 1 aromatic carbocycles. The second-order valence-electron chi connectivity index (χ2n) is 5.34. The van der Waals surface area contributed by atoms with Crippen LogP contribution >= 0.6 is 11.6 Å². The molecule has 4 amide bonds. The van der Waals surface area contributed by atoms with E-state index in [0.717, 1.165) is 10.5 Å². The average molecular weight is 368 g/mol. The highest BCUT2D eigenvalue weighted by Crippen LogP contribution is 2.14. The summed E-state index contributed by atoms with van der Waals surface area (Å²) in [7, 11) is 0. The lowest BCUT2D eigenvalue weighted by Crippen LogP contribution is -2.32. The smallest absolute Gasteiger partial charge is 0.324 e. The Morgan fingerprint density at radius 3 is 2.72 bits per heavy atom. The molecular formula is C16H18ClN3O5. The van der Waals surface area contributed by atoms with Crippen LogP contribution in [0.5, 0.6) is 0 Å². The molecule has 0 unspecified atom stereocenters.